The molecule has 0 fully saturated rings. The molecule has 0 radical (unpaired) electrons. The summed E-state index contributed by atoms with van der Waals surface area (Å²) in [6.07, 6.45) is 3.94. The number of rotatable bonds is 2. The number of aryl methyl sites for hydroxylation is 2. The Morgan fingerprint density at radius 1 is 1.78 bits per heavy atom. The molecule has 1 aromatic heterocycles. The van der Waals surface area contributed by atoms with Gasteiger partial charge in [-0.2, -0.15) is 5.10 Å². The molecular formula is C6H9IN2. The van der Waals surface area contributed by atoms with Crippen LogP contribution in [-0.2, 0) is 6.54 Å². The van der Waals surface area contributed by atoms with Gasteiger partial charge >= 0.3 is 0 Å². The Kier molecular flexibility index (Phi) is 2.50. The van der Waals surface area contributed by atoms with E-state index in [1.807, 2.05) is 10.9 Å². The van der Waals surface area contributed by atoms with E-state index in [1.54, 1.807) is 0 Å². The van der Waals surface area contributed by atoms with E-state index in [2.05, 4.69) is 40.8 Å². The molecule has 0 bridgehead atoms. The molecule has 1 aromatic rings. The Morgan fingerprint density at radius 3 is 3.00 bits per heavy atom. The lowest BCUT2D eigenvalue weighted by molar-refractivity contribution is 0.672. The number of hydrogen-bond donors (Lipinski definition) is 0. The highest BCUT2D eigenvalue weighted by atomic mass is 127. The highest BCUT2D eigenvalue weighted by Crippen LogP contribution is 1.94. The van der Waals surface area contributed by atoms with E-state index in [4.69, 9.17) is 0 Å². The van der Waals surface area contributed by atoms with Crippen LogP contribution in [0.5, 0.6) is 0 Å². The van der Waals surface area contributed by atoms with Crippen LogP contribution in [0.4, 0.5) is 0 Å². The minimum atomic E-state index is 1.02. The first-order chi connectivity index (χ1) is 4.33. The summed E-state index contributed by atoms with van der Waals surface area (Å²) in [6.45, 7) is 3.07. The van der Waals surface area contributed by atoms with Crippen molar-refractivity contribution >= 4 is 22.6 Å². The maximum absolute atomic E-state index is 4.12. The second-order valence-electron chi connectivity index (χ2n) is 1.97. The molecular weight excluding hydrogens is 227 g/mol. The number of nitrogens with zero attached hydrogens (tertiary/aromatic N) is 2. The molecule has 1 heterocycles. The van der Waals surface area contributed by atoms with Gasteiger partial charge < -0.3 is 0 Å². The summed E-state index contributed by atoms with van der Waals surface area (Å²) < 4.78 is 3.08. The zero-order chi connectivity index (χ0) is 6.69. The molecule has 0 unspecified atom stereocenters. The van der Waals surface area contributed by atoms with E-state index in [0.29, 0.717) is 0 Å². The predicted molar refractivity (Wildman–Crippen MR) is 45.9 cm³/mol. The minimum absolute atomic E-state index is 1.02. The SMILES string of the molecule is Cc1cnn(CCI)c1. The van der Waals surface area contributed by atoms with Crippen LogP contribution in [0, 0.1) is 6.92 Å². The molecule has 0 aliphatic carbocycles. The summed E-state index contributed by atoms with van der Waals surface area (Å²) >= 11 is 2.34. The first kappa shape index (κ1) is 7.05. The van der Waals surface area contributed by atoms with Crippen molar-refractivity contribution in [3.63, 3.8) is 0 Å². The lowest BCUT2D eigenvalue weighted by atomic mass is 10.4. The van der Waals surface area contributed by atoms with Crippen LogP contribution in [0.15, 0.2) is 12.4 Å². The molecule has 0 aliphatic rings. The zero-order valence-corrected chi connectivity index (χ0v) is 7.50. The summed E-state index contributed by atoms with van der Waals surface area (Å²) in [5.41, 5.74) is 1.24. The van der Waals surface area contributed by atoms with Gasteiger partial charge in [0.05, 0.1) is 6.20 Å². The molecule has 1 rings (SSSR count). The zero-order valence-electron chi connectivity index (χ0n) is 5.34. The topological polar surface area (TPSA) is 17.8 Å². The second kappa shape index (κ2) is 3.20. The van der Waals surface area contributed by atoms with E-state index in [9.17, 15) is 0 Å². The van der Waals surface area contributed by atoms with Gasteiger partial charge in [0.1, 0.15) is 0 Å². The number of halogens is 1. The standard InChI is InChI=1S/C6H9IN2/c1-6-4-8-9(5-6)3-2-7/h4-5H,2-3H2,1H3. The Hall–Kier alpha value is -0.0600. The van der Waals surface area contributed by atoms with Crippen LogP contribution in [-0.4, -0.2) is 14.2 Å². The lowest BCUT2D eigenvalue weighted by Crippen LogP contribution is -1.97. The summed E-state index contributed by atoms with van der Waals surface area (Å²) in [6, 6.07) is 0. The third-order valence-corrected chi connectivity index (χ3v) is 1.56. The minimum Gasteiger partial charge on any atom is -0.272 e. The maximum Gasteiger partial charge on any atom is 0.0518 e. The van der Waals surface area contributed by atoms with Crippen molar-refractivity contribution in [1.29, 1.82) is 0 Å². The first-order valence-electron chi connectivity index (χ1n) is 2.88. The van der Waals surface area contributed by atoms with Gasteiger partial charge in [0.25, 0.3) is 0 Å². The van der Waals surface area contributed by atoms with Crippen LogP contribution in [0.1, 0.15) is 5.56 Å². The second-order valence-corrected chi connectivity index (χ2v) is 3.05. The fraction of sp³-hybridized carbons (Fsp3) is 0.500. The molecule has 0 saturated carbocycles. The fourth-order valence-corrected chi connectivity index (χ4v) is 1.17. The normalized spacial score (nSPS) is 10.0. The maximum atomic E-state index is 4.12. The molecule has 0 atom stereocenters. The Bertz CT molecular complexity index is 183. The van der Waals surface area contributed by atoms with E-state index in [-0.39, 0.29) is 0 Å². The molecule has 0 aromatic carbocycles. The van der Waals surface area contributed by atoms with E-state index in [1.165, 1.54) is 5.56 Å². The summed E-state index contributed by atoms with van der Waals surface area (Å²) in [5, 5.41) is 4.12. The van der Waals surface area contributed by atoms with Crippen molar-refractivity contribution in [2.75, 3.05) is 4.43 Å². The number of alkyl halides is 1. The van der Waals surface area contributed by atoms with Gasteiger partial charge in [-0.15, -0.1) is 0 Å². The Labute approximate surface area is 68.4 Å². The predicted octanol–water partition coefficient (Wildman–Crippen LogP) is 1.63. The highest BCUT2D eigenvalue weighted by Gasteiger charge is 1.89. The van der Waals surface area contributed by atoms with Gasteiger partial charge in [-0.1, -0.05) is 22.6 Å². The molecule has 50 valence electrons. The van der Waals surface area contributed by atoms with Crippen molar-refractivity contribution in [3.8, 4) is 0 Å². The van der Waals surface area contributed by atoms with Crippen molar-refractivity contribution in [2.45, 2.75) is 13.5 Å². The van der Waals surface area contributed by atoms with Crippen molar-refractivity contribution < 1.29 is 0 Å². The van der Waals surface area contributed by atoms with Crippen LogP contribution in [0.2, 0.25) is 0 Å². The van der Waals surface area contributed by atoms with Gasteiger partial charge in [-0.05, 0) is 12.5 Å². The van der Waals surface area contributed by atoms with Gasteiger partial charge in [-0.3, -0.25) is 4.68 Å². The van der Waals surface area contributed by atoms with Crippen molar-refractivity contribution in [2.24, 2.45) is 0 Å². The summed E-state index contributed by atoms with van der Waals surface area (Å²) in [5.74, 6) is 0. The van der Waals surface area contributed by atoms with Crippen molar-refractivity contribution in [1.82, 2.24) is 9.78 Å². The third-order valence-electron chi connectivity index (χ3n) is 1.08. The molecule has 0 spiro atoms. The largest absolute Gasteiger partial charge is 0.272 e. The van der Waals surface area contributed by atoms with Gasteiger partial charge in [-0.25, -0.2) is 0 Å². The van der Waals surface area contributed by atoms with Gasteiger partial charge in [0.15, 0.2) is 0 Å². The van der Waals surface area contributed by atoms with E-state index >= 15 is 0 Å². The Morgan fingerprint density at radius 2 is 2.56 bits per heavy atom. The van der Waals surface area contributed by atoms with Gasteiger partial charge in [0, 0.05) is 17.2 Å². The van der Waals surface area contributed by atoms with E-state index in [0.717, 1.165) is 11.0 Å². The molecule has 0 amide bonds. The third kappa shape index (κ3) is 1.97. The average Bonchev–Trinajstić information content (AvgIpc) is 2.17. The van der Waals surface area contributed by atoms with E-state index < -0.39 is 0 Å². The van der Waals surface area contributed by atoms with Gasteiger partial charge in [0.2, 0.25) is 0 Å². The Balaban J connectivity index is 2.61. The molecule has 9 heavy (non-hydrogen) atoms. The molecule has 2 nitrogen and oxygen atoms in total. The van der Waals surface area contributed by atoms with Crippen LogP contribution in [0.3, 0.4) is 0 Å². The smallest absolute Gasteiger partial charge is 0.0518 e. The first-order valence-corrected chi connectivity index (χ1v) is 4.40. The number of hydrogen-bond acceptors (Lipinski definition) is 1. The molecule has 3 heteroatoms. The monoisotopic (exact) mass is 236 g/mol. The lowest BCUT2D eigenvalue weighted by Gasteiger charge is -1.92. The quantitative estimate of drug-likeness (QED) is 0.563. The van der Waals surface area contributed by atoms with Crippen LogP contribution < -0.4 is 0 Å². The molecule has 0 saturated heterocycles. The van der Waals surface area contributed by atoms with Crippen LogP contribution >= 0.6 is 22.6 Å². The average molecular weight is 236 g/mol. The highest BCUT2D eigenvalue weighted by molar-refractivity contribution is 14.1. The molecule has 0 aliphatic heterocycles. The summed E-state index contributed by atoms with van der Waals surface area (Å²) in [4.78, 5) is 0. The number of aromatic nitrogens is 2. The fourth-order valence-electron chi connectivity index (χ4n) is 0.676. The molecule has 0 N–H and O–H groups in total. The van der Waals surface area contributed by atoms with Crippen molar-refractivity contribution in [3.05, 3.63) is 18.0 Å². The summed E-state index contributed by atoms with van der Waals surface area (Å²) in [7, 11) is 0. The van der Waals surface area contributed by atoms with Crippen LogP contribution in [0.25, 0.3) is 0 Å².